The van der Waals surface area contributed by atoms with E-state index in [0.29, 0.717) is 36.1 Å². The van der Waals surface area contributed by atoms with Crippen molar-refractivity contribution in [1.82, 2.24) is 4.90 Å². The van der Waals surface area contributed by atoms with Crippen LogP contribution in [0.3, 0.4) is 0 Å². The first-order valence-electron chi connectivity index (χ1n) is 6.81. The standard InChI is InChI=1S/C15H19NO4/c1-19-11-5-6-12(13(7-11)20-2)14(17)16-8-15(18,9-16)10-3-4-10/h5-7,10,18H,3-4,8-9H2,1-2H3. The molecule has 1 heterocycles. The summed E-state index contributed by atoms with van der Waals surface area (Å²) in [6, 6.07) is 5.14. The van der Waals surface area contributed by atoms with Gasteiger partial charge >= 0.3 is 0 Å². The van der Waals surface area contributed by atoms with Gasteiger partial charge < -0.3 is 19.5 Å². The molecule has 0 aromatic heterocycles. The first-order chi connectivity index (χ1) is 9.57. The van der Waals surface area contributed by atoms with Crippen LogP contribution in [0.1, 0.15) is 23.2 Å². The topological polar surface area (TPSA) is 59.0 Å². The zero-order chi connectivity index (χ0) is 14.3. The van der Waals surface area contributed by atoms with Crippen molar-refractivity contribution < 1.29 is 19.4 Å². The SMILES string of the molecule is COc1ccc(C(=O)N2CC(O)(C3CC3)C2)c(OC)c1. The highest BCUT2D eigenvalue weighted by atomic mass is 16.5. The van der Waals surface area contributed by atoms with E-state index < -0.39 is 5.60 Å². The van der Waals surface area contributed by atoms with E-state index in [0.717, 1.165) is 12.8 Å². The van der Waals surface area contributed by atoms with Gasteiger partial charge in [0.2, 0.25) is 0 Å². The van der Waals surface area contributed by atoms with E-state index in [-0.39, 0.29) is 5.91 Å². The minimum atomic E-state index is -0.657. The molecule has 3 rings (SSSR count). The van der Waals surface area contributed by atoms with Crippen LogP contribution in [0.2, 0.25) is 0 Å². The lowest BCUT2D eigenvalue weighted by molar-refractivity contribution is -0.0958. The number of benzene rings is 1. The molecule has 20 heavy (non-hydrogen) atoms. The number of hydrogen-bond donors (Lipinski definition) is 1. The van der Waals surface area contributed by atoms with Crippen molar-refractivity contribution in [2.45, 2.75) is 18.4 Å². The lowest BCUT2D eigenvalue weighted by Gasteiger charge is -2.47. The Kier molecular flexibility index (Phi) is 3.09. The van der Waals surface area contributed by atoms with E-state index in [1.165, 1.54) is 7.11 Å². The summed E-state index contributed by atoms with van der Waals surface area (Å²) >= 11 is 0. The van der Waals surface area contributed by atoms with E-state index in [1.54, 1.807) is 30.2 Å². The highest BCUT2D eigenvalue weighted by Crippen LogP contribution is 2.45. The Labute approximate surface area is 118 Å². The van der Waals surface area contributed by atoms with Crippen molar-refractivity contribution in [2.75, 3.05) is 27.3 Å². The van der Waals surface area contributed by atoms with Crippen molar-refractivity contribution >= 4 is 5.91 Å². The maximum Gasteiger partial charge on any atom is 0.257 e. The number of ether oxygens (including phenoxy) is 2. The molecule has 5 nitrogen and oxygen atoms in total. The molecule has 1 aromatic carbocycles. The molecule has 2 aliphatic rings. The van der Waals surface area contributed by atoms with Gasteiger partial charge in [0.05, 0.1) is 32.9 Å². The summed E-state index contributed by atoms with van der Waals surface area (Å²) in [4.78, 5) is 14.1. The Balaban J connectivity index is 1.74. The molecule has 5 heteroatoms. The van der Waals surface area contributed by atoms with Crippen LogP contribution in [0.5, 0.6) is 11.5 Å². The van der Waals surface area contributed by atoms with Crippen LogP contribution in [-0.2, 0) is 0 Å². The fourth-order valence-electron chi connectivity index (χ4n) is 2.78. The summed E-state index contributed by atoms with van der Waals surface area (Å²) < 4.78 is 10.4. The average Bonchev–Trinajstić information content (AvgIpc) is 3.27. The van der Waals surface area contributed by atoms with Crippen molar-refractivity contribution in [2.24, 2.45) is 5.92 Å². The molecular formula is C15H19NO4. The Morgan fingerprint density at radius 3 is 2.55 bits per heavy atom. The van der Waals surface area contributed by atoms with Gasteiger partial charge in [-0.15, -0.1) is 0 Å². The van der Waals surface area contributed by atoms with Gasteiger partial charge in [-0.05, 0) is 30.9 Å². The summed E-state index contributed by atoms with van der Waals surface area (Å²) in [7, 11) is 3.10. The van der Waals surface area contributed by atoms with Crippen molar-refractivity contribution in [3.63, 3.8) is 0 Å². The van der Waals surface area contributed by atoms with Gasteiger partial charge in [0, 0.05) is 6.07 Å². The molecule has 1 saturated heterocycles. The number of carbonyl (C=O) groups excluding carboxylic acids is 1. The number of rotatable bonds is 4. The molecule has 108 valence electrons. The van der Waals surface area contributed by atoms with E-state index >= 15 is 0 Å². The zero-order valence-corrected chi connectivity index (χ0v) is 11.8. The van der Waals surface area contributed by atoms with Crippen LogP contribution in [0.25, 0.3) is 0 Å². The number of β-amino-alcohol motifs (C(OH)–C–C–N with tert-alkyl or cyclic N) is 1. The normalized spacial score (nSPS) is 20.2. The highest BCUT2D eigenvalue weighted by molar-refractivity contribution is 5.97. The second-order valence-electron chi connectivity index (χ2n) is 5.61. The van der Waals surface area contributed by atoms with Crippen LogP contribution in [0, 0.1) is 5.92 Å². The summed E-state index contributed by atoms with van der Waals surface area (Å²) in [6.07, 6.45) is 2.15. The first-order valence-corrected chi connectivity index (χ1v) is 6.81. The second kappa shape index (κ2) is 4.66. The highest BCUT2D eigenvalue weighted by Gasteiger charge is 2.53. The van der Waals surface area contributed by atoms with Crippen molar-refractivity contribution in [1.29, 1.82) is 0 Å². The van der Waals surface area contributed by atoms with E-state index in [9.17, 15) is 9.90 Å². The summed E-state index contributed by atoms with van der Waals surface area (Å²) in [6.45, 7) is 0.845. The molecule has 1 aliphatic carbocycles. The number of amides is 1. The van der Waals surface area contributed by atoms with Gasteiger partial charge in [-0.2, -0.15) is 0 Å². The number of carbonyl (C=O) groups is 1. The van der Waals surface area contributed by atoms with Gasteiger partial charge in [0.25, 0.3) is 5.91 Å². The second-order valence-corrected chi connectivity index (χ2v) is 5.61. The minimum Gasteiger partial charge on any atom is -0.497 e. The number of nitrogens with zero attached hydrogens (tertiary/aromatic N) is 1. The molecule has 0 bridgehead atoms. The molecule has 1 aromatic rings. The van der Waals surface area contributed by atoms with Crippen LogP contribution in [0.15, 0.2) is 18.2 Å². The zero-order valence-electron chi connectivity index (χ0n) is 11.8. The molecule has 0 spiro atoms. The number of likely N-dealkylation sites (tertiary alicyclic amines) is 1. The van der Waals surface area contributed by atoms with Gasteiger partial charge in [-0.1, -0.05) is 0 Å². The van der Waals surface area contributed by atoms with Crippen molar-refractivity contribution in [3.05, 3.63) is 23.8 Å². The number of aliphatic hydroxyl groups is 1. The van der Waals surface area contributed by atoms with Crippen LogP contribution in [0.4, 0.5) is 0 Å². The Morgan fingerprint density at radius 1 is 1.30 bits per heavy atom. The molecular weight excluding hydrogens is 258 g/mol. The maximum absolute atomic E-state index is 12.4. The van der Waals surface area contributed by atoms with E-state index in [1.807, 2.05) is 0 Å². The lowest BCUT2D eigenvalue weighted by Crippen LogP contribution is -2.64. The van der Waals surface area contributed by atoms with Gasteiger partial charge in [-0.3, -0.25) is 4.79 Å². The van der Waals surface area contributed by atoms with Crippen molar-refractivity contribution in [3.8, 4) is 11.5 Å². The Bertz CT molecular complexity index is 533. The fourth-order valence-corrected chi connectivity index (χ4v) is 2.78. The molecule has 1 aliphatic heterocycles. The Hall–Kier alpha value is -1.75. The number of methoxy groups -OCH3 is 2. The summed E-state index contributed by atoms with van der Waals surface area (Å²) in [5.41, 5.74) is -0.152. The third kappa shape index (κ3) is 2.12. The molecule has 2 fully saturated rings. The smallest absolute Gasteiger partial charge is 0.257 e. The third-order valence-electron chi connectivity index (χ3n) is 4.19. The summed E-state index contributed by atoms with van der Waals surface area (Å²) in [5, 5.41) is 10.3. The quantitative estimate of drug-likeness (QED) is 0.901. The molecule has 0 unspecified atom stereocenters. The van der Waals surface area contributed by atoms with Gasteiger partial charge in [0.1, 0.15) is 17.1 Å². The predicted octanol–water partition coefficient (Wildman–Crippen LogP) is 1.30. The third-order valence-corrected chi connectivity index (χ3v) is 4.19. The van der Waals surface area contributed by atoms with Gasteiger partial charge in [0.15, 0.2) is 0 Å². The minimum absolute atomic E-state index is 0.102. The van der Waals surface area contributed by atoms with Crippen LogP contribution >= 0.6 is 0 Å². The van der Waals surface area contributed by atoms with Crippen LogP contribution < -0.4 is 9.47 Å². The largest absolute Gasteiger partial charge is 0.497 e. The predicted molar refractivity (Wildman–Crippen MR) is 73.1 cm³/mol. The lowest BCUT2D eigenvalue weighted by atomic mass is 9.88. The van der Waals surface area contributed by atoms with E-state index in [4.69, 9.17) is 9.47 Å². The molecule has 0 radical (unpaired) electrons. The Morgan fingerprint density at radius 2 is 2.00 bits per heavy atom. The number of hydrogen-bond acceptors (Lipinski definition) is 4. The fraction of sp³-hybridized carbons (Fsp3) is 0.533. The molecule has 1 saturated carbocycles. The maximum atomic E-state index is 12.4. The van der Waals surface area contributed by atoms with Gasteiger partial charge in [-0.25, -0.2) is 0 Å². The molecule has 0 atom stereocenters. The molecule has 1 amide bonds. The van der Waals surface area contributed by atoms with Crippen LogP contribution in [-0.4, -0.2) is 48.8 Å². The monoisotopic (exact) mass is 277 g/mol. The summed E-state index contributed by atoms with van der Waals surface area (Å²) in [5.74, 6) is 1.42. The molecule has 1 N–H and O–H groups in total. The first kappa shape index (κ1) is 13.2. The average molecular weight is 277 g/mol. The van der Waals surface area contributed by atoms with E-state index in [2.05, 4.69) is 0 Å².